The Morgan fingerprint density at radius 2 is 2.05 bits per heavy atom. The number of benzene rings is 1. The SMILES string of the molecule is CCC(C)Oc1ccccc1C(=O)N(CC)CCF. The normalized spacial score (nSPS) is 12.0. The van der Waals surface area contributed by atoms with Gasteiger partial charge in [-0.15, -0.1) is 0 Å². The third kappa shape index (κ3) is 4.23. The van der Waals surface area contributed by atoms with Crippen molar-refractivity contribution in [3.8, 4) is 5.75 Å². The Kier molecular flexibility index (Phi) is 6.33. The van der Waals surface area contributed by atoms with E-state index in [2.05, 4.69) is 0 Å². The molecule has 0 spiro atoms. The Hall–Kier alpha value is -1.58. The summed E-state index contributed by atoms with van der Waals surface area (Å²) < 4.78 is 18.2. The zero-order valence-corrected chi connectivity index (χ0v) is 11.9. The molecule has 0 aliphatic heterocycles. The number of amides is 1. The third-order valence-electron chi connectivity index (χ3n) is 3.04. The fourth-order valence-electron chi connectivity index (χ4n) is 1.72. The number of carbonyl (C=O) groups excluding carboxylic acids is 1. The van der Waals surface area contributed by atoms with Crippen LogP contribution in [-0.2, 0) is 0 Å². The summed E-state index contributed by atoms with van der Waals surface area (Å²) in [6.07, 6.45) is 0.912. The minimum Gasteiger partial charge on any atom is -0.490 e. The summed E-state index contributed by atoms with van der Waals surface area (Å²) in [7, 11) is 0. The number of carbonyl (C=O) groups is 1. The molecule has 0 aliphatic rings. The maximum Gasteiger partial charge on any atom is 0.257 e. The Morgan fingerprint density at radius 3 is 2.63 bits per heavy atom. The number of nitrogens with zero attached hydrogens (tertiary/aromatic N) is 1. The highest BCUT2D eigenvalue weighted by Crippen LogP contribution is 2.21. The van der Waals surface area contributed by atoms with Crippen LogP contribution in [0.15, 0.2) is 24.3 Å². The van der Waals surface area contributed by atoms with Crippen molar-refractivity contribution in [3.63, 3.8) is 0 Å². The molecule has 0 aromatic heterocycles. The molecule has 106 valence electrons. The van der Waals surface area contributed by atoms with Crippen LogP contribution in [0.25, 0.3) is 0 Å². The van der Waals surface area contributed by atoms with Crippen LogP contribution in [0, 0.1) is 0 Å². The highest BCUT2D eigenvalue weighted by Gasteiger charge is 2.18. The van der Waals surface area contributed by atoms with Gasteiger partial charge in [0, 0.05) is 13.1 Å². The summed E-state index contributed by atoms with van der Waals surface area (Å²) in [6, 6.07) is 7.13. The van der Waals surface area contributed by atoms with Crippen molar-refractivity contribution >= 4 is 5.91 Å². The molecular weight excluding hydrogens is 245 g/mol. The predicted octanol–water partition coefficient (Wildman–Crippen LogP) is 3.30. The molecule has 0 radical (unpaired) electrons. The lowest BCUT2D eigenvalue weighted by molar-refractivity contribution is 0.0747. The van der Waals surface area contributed by atoms with E-state index in [9.17, 15) is 9.18 Å². The summed E-state index contributed by atoms with van der Waals surface area (Å²) in [5.74, 6) is 0.387. The van der Waals surface area contributed by atoms with Crippen molar-refractivity contribution in [1.82, 2.24) is 4.90 Å². The van der Waals surface area contributed by atoms with Crippen LogP contribution in [-0.4, -0.2) is 36.7 Å². The second kappa shape index (κ2) is 7.77. The lowest BCUT2D eigenvalue weighted by Gasteiger charge is -2.22. The van der Waals surface area contributed by atoms with Gasteiger partial charge in [0.05, 0.1) is 11.7 Å². The minimum absolute atomic E-state index is 0.0465. The van der Waals surface area contributed by atoms with Gasteiger partial charge in [-0.2, -0.15) is 0 Å². The van der Waals surface area contributed by atoms with Crippen molar-refractivity contribution in [1.29, 1.82) is 0 Å². The number of hydrogen-bond donors (Lipinski definition) is 0. The van der Waals surface area contributed by atoms with E-state index >= 15 is 0 Å². The van der Waals surface area contributed by atoms with E-state index in [4.69, 9.17) is 4.74 Å². The predicted molar refractivity (Wildman–Crippen MR) is 74.4 cm³/mol. The largest absolute Gasteiger partial charge is 0.490 e. The van der Waals surface area contributed by atoms with Crippen molar-refractivity contribution in [3.05, 3.63) is 29.8 Å². The molecule has 0 N–H and O–H groups in total. The molecule has 1 aromatic carbocycles. The van der Waals surface area contributed by atoms with Gasteiger partial charge in [-0.05, 0) is 32.4 Å². The van der Waals surface area contributed by atoms with E-state index in [-0.39, 0.29) is 18.6 Å². The van der Waals surface area contributed by atoms with Crippen LogP contribution >= 0.6 is 0 Å². The van der Waals surface area contributed by atoms with Gasteiger partial charge in [-0.1, -0.05) is 19.1 Å². The van der Waals surface area contributed by atoms with Gasteiger partial charge in [-0.25, -0.2) is 4.39 Å². The van der Waals surface area contributed by atoms with E-state index in [0.29, 0.717) is 17.9 Å². The second-order valence-electron chi connectivity index (χ2n) is 4.41. The van der Waals surface area contributed by atoms with E-state index in [1.807, 2.05) is 26.8 Å². The van der Waals surface area contributed by atoms with Gasteiger partial charge in [0.2, 0.25) is 0 Å². The first-order valence-corrected chi connectivity index (χ1v) is 6.74. The average molecular weight is 267 g/mol. The molecule has 0 heterocycles. The fraction of sp³-hybridized carbons (Fsp3) is 0.533. The molecule has 19 heavy (non-hydrogen) atoms. The zero-order valence-electron chi connectivity index (χ0n) is 11.9. The monoisotopic (exact) mass is 267 g/mol. The first-order chi connectivity index (χ1) is 9.13. The van der Waals surface area contributed by atoms with Crippen LogP contribution in [0.3, 0.4) is 0 Å². The summed E-state index contributed by atoms with van der Waals surface area (Å²) in [4.78, 5) is 13.8. The zero-order chi connectivity index (χ0) is 14.3. The highest BCUT2D eigenvalue weighted by atomic mass is 19.1. The maximum absolute atomic E-state index is 12.4. The Morgan fingerprint density at radius 1 is 1.37 bits per heavy atom. The van der Waals surface area contributed by atoms with Crippen molar-refractivity contribution in [2.45, 2.75) is 33.3 Å². The Balaban J connectivity index is 2.95. The lowest BCUT2D eigenvalue weighted by Crippen LogP contribution is -2.33. The van der Waals surface area contributed by atoms with E-state index in [0.717, 1.165) is 6.42 Å². The Labute approximate surface area is 114 Å². The standard InChI is InChI=1S/C15H22FNO2/c1-4-12(3)19-14-9-7-6-8-13(14)15(18)17(5-2)11-10-16/h6-9,12H,4-5,10-11H2,1-3H3. The highest BCUT2D eigenvalue weighted by molar-refractivity contribution is 5.96. The number of ether oxygens (including phenoxy) is 1. The Bertz CT molecular complexity index is 409. The smallest absolute Gasteiger partial charge is 0.257 e. The van der Waals surface area contributed by atoms with Crippen molar-refractivity contribution in [2.24, 2.45) is 0 Å². The molecule has 0 fully saturated rings. The number of para-hydroxylation sites is 1. The van der Waals surface area contributed by atoms with Crippen LogP contribution in [0.2, 0.25) is 0 Å². The van der Waals surface area contributed by atoms with E-state index < -0.39 is 6.67 Å². The van der Waals surface area contributed by atoms with Crippen LogP contribution in [0.4, 0.5) is 4.39 Å². The molecule has 4 heteroatoms. The molecule has 0 bridgehead atoms. The molecule has 0 saturated heterocycles. The quantitative estimate of drug-likeness (QED) is 0.758. The average Bonchev–Trinajstić information content (AvgIpc) is 2.44. The first kappa shape index (κ1) is 15.5. The number of halogens is 1. The fourth-order valence-corrected chi connectivity index (χ4v) is 1.72. The van der Waals surface area contributed by atoms with E-state index in [1.54, 1.807) is 18.2 Å². The topological polar surface area (TPSA) is 29.5 Å². The second-order valence-corrected chi connectivity index (χ2v) is 4.41. The number of hydrogen-bond acceptors (Lipinski definition) is 2. The van der Waals surface area contributed by atoms with Gasteiger partial charge in [0.1, 0.15) is 12.4 Å². The molecule has 1 rings (SSSR count). The molecule has 1 unspecified atom stereocenters. The van der Waals surface area contributed by atoms with Gasteiger partial charge in [0.25, 0.3) is 5.91 Å². The van der Waals surface area contributed by atoms with E-state index in [1.165, 1.54) is 4.90 Å². The third-order valence-corrected chi connectivity index (χ3v) is 3.04. The van der Waals surface area contributed by atoms with Crippen molar-refractivity contribution < 1.29 is 13.9 Å². The van der Waals surface area contributed by atoms with Crippen LogP contribution in [0.5, 0.6) is 5.75 Å². The molecule has 0 aliphatic carbocycles. The molecule has 1 aromatic rings. The minimum atomic E-state index is -0.534. The summed E-state index contributed by atoms with van der Waals surface area (Å²) >= 11 is 0. The maximum atomic E-state index is 12.4. The summed E-state index contributed by atoms with van der Waals surface area (Å²) in [5, 5.41) is 0. The summed E-state index contributed by atoms with van der Waals surface area (Å²) in [6.45, 7) is 5.89. The molecule has 1 amide bonds. The van der Waals surface area contributed by atoms with Gasteiger partial charge in [-0.3, -0.25) is 4.79 Å². The van der Waals surface area contributed by atoms with Crippen LogP contribution < -0.4 is 4.74 Å². The lowest BCUT2D eigenvalue weighted by atomic mass is 10.1. The first-order valence-electron chi connectivity index (χ1n) is 6.74. The van der Waals surface area contributed by atoms with Gasteiger partial charge < -0.3 is 9.64 Å². The number of rotatable bonds is 7. The summed E-state index contributed by atoms with van der Waals surface area (Å²) in [5.41, 5.74) is 0.498. The molecular formula is C15H22FNO2. The van der Waals surface area contributed by atoms with Gasteiger partial charge >= 0.3 is 0 Å². The molecule has 0 saturated carbocycles. The molecule has 3 nitrogen and oxygen atoms in total. The molecule has 1 atom stereocenters. The van der Waals surface area contributed by atoms with Crippen molar-refractivity contribution in [2.75, 3.05) is 19.8 Å². The van der Waals surface area contributed by atoms with Gasteiger partial charge in [0.15, 0.2) is 0 Å². The number of alkyl halides is 1. The van der Waals surface area contributed by atoms with Crippen LogP contribution in [0.1, 0.15) is 37.6 Å².